The average Bonchev–Trinajstić information content (AvgIpc) is 3.42. The van der Waals surface area contributed by atoms with Crippen LogP contribution in [0.25, 0.3) is 0 Å². The molecule has 8 heteroatoms. The molecule has 1 unspecified atom stereocenters. The predicted octanol–water partition coefficient (Wildman–Crippen LogP) is 2.06. The van der Waals surface area contributed by atoms with Crippen LogP contribution in [0.4, 0.5) is 5.69 Å². The first-order valence-corrected chi connectivity index (χ1v) is 10.8. The lowest BCUT2D eigenvalue weighted by atomic mass is 10.2. The fraction of sp³-hybridized carbons (Fsp3) is 0.500. The fourth-order valence-electron chi connectivity index (χ4n) is 3.76. The van der Waals surface area contributed by atoms with Gasteiger partial charge in [-0.2, -0.15) is 5.10 Å². The Balaban J connectivity index is 1.54. The number of aliphatic imine (C=N–C) groups is 1. The third kappa shape index (κ3) is 6.59. The number of carbonyl (C=O) groups is 1. The smallest absolute Gasteiger partial charge is 0.246 e. The van der Waals surface area contributed by atoms with Crippen LogP contribution in [-0.2, 0) is 17.9 Å². The van der Waals surface area contributed by atoms with E-state index in [1.54, 1.807) is 23.1 Å². The molecule has 1 amide bonds. The van der Waals surface area contributed by atoms with E-state index in [0.29, 0.717) is 12.6 Å². The van der Waals surface area contributed by atoms with Crippen molar-refractivity contribution in [2.75, 3.05) is 31.5 Å². The highest BCUT2D eigenvalue weighted by Crippen LogP contribution is 2.15. The molecule has 0 saturated carbocycles. The number of guanidine groups is 1. The van der Waals surface area contributed by atoms with Crippen molar-refractivity contribution in [2.24, 2.45) is 4.99 Å². The first-order chi connectivity index (χ1) is 14.7. The van der Waals surface area contributed by atoms with Crippen molar-refractivity contribution < 1.29 is 4.79 Å². The quantitative estimate of drug-likeness (QED) is 0.434. The number of nitrogens with zero attached hydrogens (tertiary/aromatic N) is 4. The third-order valence-electron chi connectivity index (χ3n) is 5.25. The van der Waals surface area contributed by atoms with E-state index in [1.165, 1.54) is 19.4 Å². The summed E-state index contributed by atoms with van der Waals surface area (Å²) in [4.78, 5) is 19.4. The van der Waals surface area contributed by atoms with Gasteiger partial charge in [-0.05, 0) is 56.6 Å². The molecule has 3 rings (SSSR count). The minimum absolute atomic E-state index is 0.105. The molecule has 3 N–H and O–H groups in total. The first kappa shape index (κ1) is 21.8. The number of nitrogens with one attached hydrogen (secondary N) is 3. The molecule has 1 aliphatic rings. The van der Waals surface area contributed by atoms with Crippen LogP contribution >= 0.6 is 0 Å². The van der Waals surface area contributed by atoms with Gasteiger partial charge in [0.05, 0.1) is 6.54 Å². The maximum Gasteiger partial charge on any atom is 0.246 e. The van der Waals surface area contributed by atoms with Crippen molar-refractivity contribution in [1.82, 2.24) is 25.3 Å². The molecule has 1 aromatic carbocycles. The van der Waals surface area contributed by atoms with E-state index in [9.17, 15) is 4.79 Å². The summed E-state index contributed by atoms with van der Waals surface area (Å²) in [7, 11) is 0. The van der Waals surface area contributed by atoms with Crippen LogP contribution in [-0.4, -0.2) is 58.8 Å². The van der Waals surface area contributed by atoms with E-state index in [4.69, 9.17) is 4.99 Å². The summed E-state index contributed by atoms with van der Waals surface area (Å²) >= 11 is 0. The van der Waals surface area contributed by atoms with Crippen molar-refractivity contribution in [3.05, 3.63) is 48.3 Å². The Labute approximate surface area is 178 Å². The van der Waals surface area contributed by atoms with E-state index in [0.717, 1.165) is 36.8 Å². The first-order valence-electron chi connectivity index (χ1n) is 10.8. The zero-order valence-corrected chi connectivity index (χ0v) is 18.0. The number of likely N-dealkylation sites (N-methyl/N-ethyl adjacent to an activating group) is 1. The van der Waals surface area contributed by atoms with Crippen molar-refractivity contribution in [1.29, 1.82) is 0 Å². The number of carbonyl (C=O) groups excluding carboxylic acids is 1. The van der Waals surface area contributed by atoms with Gasteiger partial charge in [-0.25, -0.2) is 4.99 Å². The summed E-state index contributed by atoms with van der Waals surface area (Å²) in [5.74, 6) is 0.722. The molecule has 162 valence electrons. The number of hydrogen-bond acceptors (Lipinski definition) is 4. The third-order valence-corrected chi connectivity index (χ3v) is 5.25. The van der Waals surface area contributed by atoms with E-state index in [2.05, 4.69) is 39.8 Å². The lowest BCUT2D eigenvalue weighted by molar-refractivity contribution is -0.116. The number of benzene rings is 1. The molecular weight excluding hydrogens is 378 g/mol. The second kappa shape index (κ2) is 11.3. The molecule has 2 aromatic rings. The predicted molar refractivity (Wildman–Crippen MR) is 120 cm³/mol. The molecular formula is C22H33N7O. The maximum absolute atomic E-state index is 12.2. The van der Waals surface area contributed by atoms with E-state index in [1.807, 2.05) is 24.3 Å². The van der Waals surface area contributed by atoms with Gasteiger partial charge in [-0.15, -0.1) is 0 Å². The monoisotopic (exact) mass is 411 g/mol. The Morgan fingerprint density at radius 1 is 1.27 bits per heavy atom. The van der Waals surface area contributed by atoms with Crippen LogP contribution in [0.15, 0.2) is 47.7 Å². The normalized spacial score (nSPS) is 17.1. The lowest BCUT2D eigenvalue weighted by Crippen LogP contribution is -2.44. The van der Waals surface area contributed by atoms with Gasteiger partial charge in [-0.1, -0.05) is 19.1 Å². The van der Waals surface area contributed by atoms with Crippen LogP contribution in [0, 0.1) is 0 Å². The lowest BCUT2D eigenvalue weighted by Gasteiger charge is -2.24. The van der Waals surface area contributed by atoms with Crippen molar-refractivity contribution in [2.45, 2.75) is 45.8 Å². The summed E-state index contributed by atoms with van der Waals surface area (Å²) in [5, 5.41) is 13.8. The molecule has 1 atom stereocenters. The summed E-state index contributed by atoms with van der Waals surface area (Å²) in [6, 6.07) is 10.2. The van der Waals surface area contributed by atoms with Crippen molar-refractivity contribution >= 4 is 17.6 Å². The number of anilines is 1. The van der Waals surface area contributed by atoms with Crippen LogP contribution in [0.5, 0.6) is 0 Å². The van der Waals surface area contributed by atoms with Gasteiger partial charge < -0.3 is 16.0 Å². The largest absolute Gasteiger partial charge is 0.357 e. The highest BCUT2D eigenvalue weighted by atomic mass is 16.2. The molecule has 1 aliphatic heterocycles. The molecule has 0 bridgehead atoms. The van der Waals surface area contributed by atoms with Gasteiger partial charge in [-0.3, -0.25) is 14.4 Å². The van der Waals surface area contributed by atoms with Gasteiger partial charge in [0, 0.05) is 37.2 Å². The Bertz CT molecular complexity index is 819. The van der Waals surface area contributed by atoms with Crippen LogP contribution in [0.2, 0.25) is 0 Å². The molecule has 0 radical (unpaired) electrons. The number of rotatable bonds is 9. The number of amides is 1. The minimum atomic E-state index is -0.105. The van der Waals surface area contributed by atoms with E-state index >= 15 is 0 Å². The topological polar surface area (TPSA) is 86.6 Å². The van der Waals surface area contributed by atoms with E-state index < -0.39 is 0 Å². The molecule has 0 spiro atoms. The molecule has 30 heavy (non-hydrogen) atoms. The molecule has 8 nitrogen and oxygen atoms in total. The Morgan fingerprint density at radius 2 is 2.17 bits per heavy atom. The highest BCUT2D eigenvalue weighted by molar-refractivity contribution is 5.90. The van der Waals surface area contributed by atoms with Gasteiger partial charge in [0.15, 0.2) is 5.96 Å². The summed E-state index contributed by atoms with van der Waals surface area (Å²) in [5.41, 5.74) is 1.81. The Kier molecular flexibility index (Phi) is 8.26. The van der Waals surface area contributed by atoms with Gasteiger partial charge in [0.1, 0.15) is 6.54 Å². The highest BCUT2D eigenvalue weighted by Gasteiger charge is 2.22. The molecule has 1 aromatic heterocycles. The van der Waals surface area contributed by atoms with E-state index in [-0.39, 0.29) is 12.5 Å². The SMILES string of the molecule is CCNC(=NCc1cccc(NC(=O)Cn2cccn2)c1)NCC1CCCN1CC. The number of likely N-dealkylation sites (tertiary alicyclic amines) is 1. The van der Waals surface area contributed by atoms with Gasteiger partial charge in [0.2, 0.25) is 5.91 Å². The molecule has 2 heterocycles. The van der Waals surface area contributed by atoms with Crippen LogP contribution in [0.1, 0.15) is 32.3 Å². The van der Waals surface area contributed by atoms with Gasteiger partial charge >= 0.3 is 0 Å². The fourth-order valence-corrected chi connectivity index (χ4v) is 3.76. The van der Waals surface area contributed by atoms with Crippen molar-refractivity contribution in [3.63, 3.8) is 0 Å². The zero-order valence-electron chi connectivity index (χ0n) is 18.0. The number of aromatic nitrogens is 2. The number of hydrogen-bond donors (Lipinski definition) is 3. The standard InChI is InChI=1S/C22H33N7O/c1-3-23-22(25-16-20-10-6-12-28(20)4-2)24-15-18-8-5-9-19(14-18)27-21(30)17-29-13-7-11-26-29/h5,7-9,11,13-14,20H,3-4,6,10,12,15-17H2,1-2H3,(H,27,30)(H2,23,24,25). The van der Waals surface area contributed by atoms with Gasteiger partial charge in [0.25, 0.3) is 0 Å². The Hall–Kier alpha value is -2.87. The second-order valence-corrected chi connectivity index (χ2v) is 7.45. The zero-order chi connectivity index (χ0) is 21.2. The summed E-state index contributed by atoms with van der Waals surface area (Å²) in [6.45, 7) is 9.04. The van der Waals surface area contributed by atoms with Crippen LogP contribution < -0.4 is 16.0 Å². The second-order valence-electron chi connectivity index (χ2n) is 7.45. The molecule has 1 fully saturated rings. The van der Waals surface area contributed by atoms with Crippen molar-refractivity contribution in [3.8, 4) is 0 Å². The Morgan fingerprint density at radius 3 is 2.93 bits per heavy atom. The van der Waals surface area contributed by atoms with Crippen LogP contribution in [0.3, 0.4) is 0 Å². The molecule has 0 aliphatic carbocycles. The summed E-state index contributed by atoms with van der Waals surface area (Å²) < 4.78 is 1.60. The maximum atomic E-state index is 12.2. The molecule has 1 saturated heterocycles. The minimum Gasteiger partial charge on any atom is -0.357 e. The average molecular weight is 412 g/mol. The summed E-state index contributed by atoms with van der Waals surface area (Å²) in [6.07, 6.45) is 5.94.